The van der Waals surface area contributed by atoms with Gasteiger partial charge in [0.2, 0.25) is 5.78 Å². The number of hydrogen-bond donors (Lipinski definition) is 2. The predicted molar refractivity (Wildman–Crippen MR) is 108 cm³/mol. The summed E-state index contributed by atoms with van der Waals surface area (Å²) in [6.07, 6.45) is 1.90. The Morgan fingerprint density at radius 3 is 2.61 bits per heavy atom. The number of sulfone groups is 1. The molecule has 2 amide bonds. The summed E-state index contributed by atoms with van der Waals surface area (Å²) in [5, 5.41) is 8.20. The number of piperidine rings is 1. The van der Waals surface area contributed by atoms with E-state index in [-0.39, 0.29) is 49.1 Å². The van der Waals surface area contributed by atoms with Crippen molar-refractivity contribution >= 4 is 44.2 Å². The van der Waals surface area contributed by atoms with Crippen LogP contribution in [-0.4, -0.2) is 72.9 Å². The van der Waals surface area contributed by atoms with Gasteiger partial charge in [0, 0.05) is 37.2 Å². The largest absolute Gasteiger partial charge is 0.337 e. The second-order valence-electron chi connectivity index (χ2n) is 7.46. The molecule has 0 unspecified atom stereocenters. The molecule has 3 rings (SSSR count). The highest BCUT2D eigenvalue weighted by atomic mass is 35.5. The number of carbonyl (C=O) groups is 2. The number of alkyl halides is 2. The van der Waals surface area contributed by atoms with Gasteiger partial charge in [-0.25, -0.2) is 17.6 Å². The summed E-state index contributed by atoms with van der Waals surface area (Å²) in [6, 6.07) is 0.614. The lowest BCUT2D eigenvalue weighted by Crippen LogP contribution is -2.49. The summed E-state index contributed by atoms with van der Waals surface area (Å²) in [4.78, 5) is 26.0. The van der Waals surface area contributed by atoms with Gasteiger partial charge in [0.05, 0.1) is 28.1 Å². The van der Waals surface area contributed by atoms with Crippen LogP contribution in [0.15, 0.2) is 12.3 Å². The number of rotatable bonds is 6. The molecule has 1 saturated heterocycles. The lowest BCUT2D eigenvalue weighted by molar-refractivity contribution is -0.0468. The summed E-state index contributed by atoms with van der Waals surface area (Å²) in [5.74, 6) is -8.47. The maximum atomic E-state index is 15.0. The van der Waals surface area contributed by atoms with E-state index in [2.05, 4.69) is 15.5 Å². The third kappa shape index (κ3) is 4.95. The molecule has 0 saturated carbocycles. The first-order chi connectivity index (χ1) is 14.4. The number of nitrogens with one attached hydrogen (secondary N) is 2. The quantitative estimate of drug-likeness (QED) is 0.617. The van der Waals surface area contributed by atoms with E-state index in [1.807, 2.05) is 0 Å². The number of ketones is 1. The summed E-state index contributed by atoms with van der Waals surface area (Å²) in [5.41, 5.74) is -1.000. The smallest absolute Gasteiger partial charge is 0.317 e. The normalized spacial score (nSPS) is 16.0. The zero-order valence-electron chi connectivity index (χ0n) is 16.4. The van der Waals surface area contributed by atoms with E-state index < -0.39 is 49.9 Å². The van der Waals surface area contributed by atoms with Gasteiger partial charge in [-0.05, 0) is 18.9 Å². The van der Waals surface area contributed by atoms with Crippen LogP contribution in [0.4, 0.5) is 18.0 Å². The summed E-state index contributed by atoms with van der Waals surface area (Å²) in [6.45, 7) is -0.216. The molecule has 2 aromatic rings. The Labute approximate surface area is 181 Å². The van der Waals surface area contributed by atoms with E-state index in [9.17, 15) is 22.4 Å². The van der Waals surface area contributed by atoms with E-state index in [1.165, 1.54) is 17.2 Å². The average Bonchev–Trinajstić information content (AvgIpc) is 3.15. The number of aromatic amines is 1. The molecule has 1 aromatic carbocycles. The highest BCUT2D eigenvalue weighted by Gasteiger charge is 2.50. The number of Topliss-reactive ketones (excluding diaryl/α,β-unsaturated/α-hetero) is 1. The van der Waals surface area contributed by atoms with Crippen LogP contribution in [0.5, 0.6) is 0 Å². The van der Waals surface area contributed by atoms with Crippen LogP contribution in [0.3, 0.4) is 0 Å². The van der Waals surface area contributed by atoms with Crippen molar-refractivity contribution in [3.63, 3.8) is 0 Å². The van der Waals surface area contributed by atoms with Crippen molar-refractivity contribution in [2.75, 3.05) is 31.6 Å². The minimum atomic E-state index is -3.89. The van der Waals surface area contributed by atoms with E-state index >= 15 is 8.78 Å². The Bertz CT molecular complexity index is 1110. The number of H-pyrrole nitrogens is 1. The minimum Gasteiger partial charge on any atom is -0.337 e. The van der Waals surface area contributed by atoms with Crippen molar-refractivity contribution < 1.29 is 31.2 Å². The lowest BCUT2D eigenvalue weighted by atomic mass is 9.85. The van der Waals surface area contributed by atoms with E-state index in [0.29, 0.717) is 0 Å². The van der Waals surface area contributed by atoms with E-state index in [0.717, 1.165) is 6.26 Å². The standard InChI is InChI=1S/C18H20ClF3N4O4S/c1-31(29,30)7-4-23-17(28)26-5-2-11(3-6-26)18(21,22)16(27)13-14(20)12(19)8-10-9-24-25-15(10)13/h8-9,11H,2-7H2,1H3,(H,23,28)(H,24,25). The third-order valence-corrected chi connectivity index (χ3v) is 6.42. The zero-order valence-corrected chi connectivity index (χ0v) is 18.0. The Morgan fingerprint density at radius 2 is 2.00 bits per heavy atom. The topological polar surface area (TPSA) is 112 Å². The number of urea groups is 1. The molecule has 1 aliphatic heterocycles. The number of amides is 2. The number of halogens is 4. The first-order valence-corrected chi connectivity index (χ1v) is 11.8. The average molecular weight is 481 g/mol. The Morgan fingerprint density at radius 1 is 1.35 bits per heavy atom. The molecule has 31 heavy (non-hydrogen) atoms. The summed E-state index contributed by atoms with van der Waals surface area (Å²) in [7, 11) is -3.25. The predicted octanol–water partition coefficient (Wildman–Crippen LogP) is 2.64. The molecule has 0 atom stereocenters. The van der Waals surface area contributed by atoms with Crippen LogP contribution in [0, 0.1) is 11.7 Å². The summed E-state index contributed by atoms with van der Waals surface area (Å²) >= 11 is 5.75. The van der Waals surface area contributed by atoms with Crippen molar-refractivity contribution in [3.05, 3.63) is 28.7 Å². The number of aromatic nitrogens is 2. The van der Waals surface area contributed by atoms with Gasteiger partial charge >= 0.3 is 12.0 Å². The molecule has 0 radical (unpaired) electrons. The fourth-order valence-corrected chi connectivity index (χ4v) is 4.18. The lowest BCUT2D eigenvalue weighted by Gasteiger charge is -2.35. The molecule has 2 heterocycles. The number of likely N-dealkylation sites (tertiary alicyclic amines) is 1. The third-order valence-electron chi connectivity index (χ3n) is 5.20. The highest BCUT2D eigenvalue weighted by Crippen LogP contribution is 2.38. The van der Waals surface area contributed by atoms with Crippen molar-refractivity contribution in [1.82, 2.24) is 20.4 Å². The molecular formula is C18H20ClF3N4O4S. The minimum absolute atomic E-state index is 0.0598. The molecule has 0 bridgehead atoms. The van der Waals surface area contributed by atoms with Crippen molar-refractivity contribution in [1.29, 1.82) is 0 Å². The Hall–Kier alpha value is -2.34. The molecule has 0 spiro atoms. The molecule has 1 aromatic heterocycles. The van der Waals surface area contributed by atoms with E-state index in [1.54, 1.807) is 0 Å². The second-order valence-corrected chi connectivity index (χ2v) is 10.1. The summed E-state index contributed by atoms with van der Waals surface area (Å²) < 4.78 is 66.7. The van der Waals surface area contributed by atoms with Gasteiger partial charge in [0.25, 0.3) is 0 Å². The monoisotopic (exact) mass is 480 g/mol. The maximum Gasteiger partial charge on any atom is 0.317 e. The molecule has 13 heteroatoms. The maximum absolute atomic E-state index is 15.0. The Balaban J connectivity index is 1.69. The fraction of sp³-hybridized carbons (Fsp3) is 0.500. The van der Waals surface area contributed by atoms with Crippen molar-refractivity contribution in [2.45, 2.75) is 18.8 Å². The van der Waals surface area contributed by atoms with E-state index in [4.69, 9.17) is 11.6 Å². The first-order valence-electron chi connectivity index (χ1n) is 9.36. The van der Waals surface area contributed by atoms with Crippen LogP contribution < -0.4 is 5.32 Å². The van der Waals surface area contributed by atoms with Crippen LogP contribution in [0.25, 0.3) is 10.9 Å². The van der Waals surface area contributed by atoms with Crippen molar-refractivity contribution in [3.8, 4) is 0 Å². The molecular weight excluding hydrogens is 461 g/mol. The number of carbonyl (C=O) groups excluding carboxylic acids is 2. The molecule has 170 valence electrons. The SMILES string of the molecule is CS(=O)(=O)CCNC(=O)N1CCC(C(F)(F)C(=O)c2c(F)c(Cl)cc3cn[nH]c23)CC1. The van der Waals surface area contributed by atoms with Crippen LogP contribution >= 0.6 is 11.6 Å². The zero-order chi connectivity index (χ0) is 23.0. The van der Waals surface area contributed by atoms with Gasteiger partial charge in [-0.3, -0.25) is 9.89 Å². The van der Waals surface area contributed by atoms with Gasteiger partial charge in [-0.15, -0.1) is 0 Å². The number of hydrogen-bond acceptors (Lipinski definition) is 5. The van der Waals surface area contributed by atoms with Gasteiger partial charge in [-0.2, -0.15) is 13.9 Å². The fourth-order valence-electron chi connectivity index (χ4n) is 3.50. The molecule has 8 nitrogen and oxygen atoms in total. The molecule has 2 N–H and O–H groups in total. The molecule has 1 aliphatic rings. The first kappa shape index (κ1) is 23.3. The number of benzene rings is 1. The van der Waals surface area contributed by atoms with Crippen LogP contribution in [-0.2, 0) is 9.84 Å². The molecule has 0 aliphatic carbocycles. The highest BCUT2D eigenvalue weighted by molar-refractivity contribution is 7.90. The van der Waals surface area contributed by atoms with Gasteiger partial charge in [0.1, 0.15) is 9.84 Å². The van der Waals surface area contributed by atoms with Gasteiger partial charge in [0.15, 0.2) is 5.82 Å². The van der Waals surface area contributed by atoms with Crippen molar-refractivity contribution in [2.24, 2.45) is 5.92 Å². The molecule has 1 fully saturated rings. The van der Waals surface area contributed by atoms with Gasteiger partial charge < -0.3 is 10.2 Å². The van der Waals surface area contributed by atoms with Gasteiger partial charge in [-0.1, -0.05) is 11.6 Å². The number of nitrogens with zero attached hydrogens (tertiary/aromatic N) is 2. The number of fused-ring (bicyclic) bond motifs is 1. The Kier molecular flexibility index (Phi) is 6.51. The van der Waals surface area contributed by atoms with Crippen LogP contribution in [0.1, 0.15) is 23.2 Å². The van der Waals surface area contributed by atoms with Crippen LogP contribution in [0.2, 0.25) is 5.02 Å². The second kappa shape index (κ2) is 8.65.